The topological polar surface area (TPSA) is 62.6 Å². The number of hydrogen-bond donors (Lipinski definition) is 1. The van der Waals surface area contributed by atoms with Crippen molar-refractivity contribution in [1.82, 2.24) is 5.32 Å². The highest BCUT2D eigenvalue weighted by atomic mass is 19.1. The molecule has 2 heterocycles. The van der Waals surface area contributed by atoms with Crippen LogP contribution < -0.4 is 10.2 Å². The lowest BCUT2D eigenvalue weighted by Gasteiger charge is -2.26. The van der Waals surface area contributed by atoms with Crippen molar-refractivity contribution < 1.29 is 18.4 Å². The Labute approximate surface area is 151 Å². The zero-order valence-corrected chi connectivity index (χ0v) is 14.6. The van der Waals surface area contributed by atoms with E-state index >= 15 is 0 Å². The van der Waals surface area contributed by atoms with Crippen molar-refractivity contribution in [2.75, 3.05) is 11.4 Å². The second kappa shape index (κ2) is 6.27. The maximum absolute atomic E-state index is 14.6. The molecule has 0 bridgehead atoms. The third-order valence-corrected chi connectivity index (χ3v) is 5.56. The number of amides is 2. The minimum Gasteiger partial charge on any atom is -0.459 e. The first-order valence-electron chi connectivity index (χ1n) is 8.97. The summed E-state index contributed by atoms with van der Waals surface area (Å²) in [6.45, 7) is 2.12. The van der Waals surface area contributed by atoms with Crippen molar-refractivity contribution >= 4 is 17.5 Å². The first-order valence-corrected chi connectivity index (χ1v) is 8.97. The third-order valence-electron chi connectivity index (χ3n) is 5.56. The number of hydrogen-bond acceptors (Lipinski definition) is 3. The van der Waals surface area contributed by atoms with Crippen LogP contribution in [0, 0.1) is 5.82 Å². The number of anilines is 1. The van der Waals surface area contributed by atoms with Crippen LogP contribution in [0.5, 0.6) is 0 Å². The van der Waals surface area contributed by atoms with Gasteiger partial charge in [0.15, 0.2) is 5.76 Å². The standard InChI is InChI=1S/C20H21FN2O3/c1-13(22-18(24)16-8-5-11-26-16)19(25)23-12-20(9-2-3-10-20)17-14(21)6-4-7-15(17)23/h4-8,11,13H,2-3,9-10,12H2,1H3,(H,22,24)/t13-/m0/s1. The van der Waals surface area contributed by atoms with Crippen LogP contribution in [0.15, 0.2) is 41.0 Å². The Morgan fingerprint density at radius 1 is 1.23 bits per heavy atom. The quantitative estimate of drug-likeness (QED) is 0.917. The number of carbonyl (C=O) groups excluding carboxylic acids is 2. The zero-order valence-electron chi connectivity index (χ0n) is 14.6. The molecule has 1 aliphatic heterocycles. The van der Waals surface area contributed by atoms with Gasteiger partial charge in [-0.25, -0.2) is 4.39 Å². The summed E-state index contributed by atoms with van der Waals surface area (Å²) in [5, 5.41) is 2.67. The van der Waals surface area contributed by atoms with Gasteiger partial charge < -0.3 is 14.6 Å². The molecule has 2 amide bonds. The molecule has 5 nitrogen and oxygen atoms in total. The van der Waals surface area contributed by atoms with E-state index in [-0.39, 0.29) is 22.9 Å². The van der Waals surface area contributed by atoms with E-state index in [0.29, 0.717) is 17.8 Å². The molecule has 6 heteroatoms. The Balaban J connectivity index is 1.59. The second-order valence-corrected chi connectivity index (χ2v) is 7.22. The highest BCUT2D eigenvalue weighted by molar-refractivity contribution is 6.03. The Morgan fingerprint density at radius 3 is 2.69 bits per heavy atom. The number of nitrogens with one attached hydrogen (secondary N) is 1. The highest BCUT2D eigenvalue weighted by Gasteiger charge is 2.48. The van der Waals surface area contributed by atoms with E-state index in [9.17, 15) is 14.0 Å². The molecule has 2 aromatic rings. The van der Waals surface area contributed by atoms with Gasteiger partial charge in [-0.1, -0.05) is 18.9 Å². The van der Waals surface area contributed by atoms with Gasteiger partial charge in [-0.05, 0) is 44.0 Å². The molecule has 4 rings (SSSR count). The summed E-state index contributed by atoms with van der Waals surface area (Å²) in [7, 11) is 0. The predicted octanol–water partition coefficient (Wildman–Crippen LogP) is 3.40. The van der Waals surface area contributed by atoms with Crippen LogP contribution in [0.3, 0.4) is 0 Å². The predicted molar refractivity (Wildman–Crippen MR) is 94.5 cm³/mol. The van der Waals surface area contributed by atoms with Gasteiger partial charge in [0.25, 0.3) is 5.91 Å². The molecular weight excluding hydrogens is 335 g/mol. The molecule has 0 radical (unpaired) electrons. The molecule has 26 heavy (non-hydrogen) atoms. The van der Waals surface area contributed by atoms with Gasteiger partial charge >= 0.3 is 0 Å². The van der Waals surface area contributed by atoms with E-state index in [2.05, 4.69) is 5.32 Å². The summed E-state index contributed by atoms with van der Waals surface area (Å²) in [6, 6.07) is 7.32. The van der Waals surface area contributed by atoms with Crippen LogP contribution in [0.4, 0.5) is 10.1 Å². The maximum atomic E-state index is 14.6. The molecule has 0 saturated heterocycles. The fourth-order valence-electron chi connectivity index (χ4n) is 4.36. The lowest BCUT2D eigenvalue weighted by molar-refractivity contribution is -0.120. The molecule has 1 saturated carbocycles. The smallest absolute Gasteiger partial charge is 0.287 e. The van der Waals surface area contributed by atoms with Gasteiger partial charge in [-0.2, -0.15) is 0 Å². The van der Waals surface area contributed by atoms with Crippen molar-refractivity contribution in [1.29, 1.82) is 0 Å². The molecular formula is C20H21FN2O3. The minimum absolute atomic E-state index is 0.157. The van der Waals surface area contributed by atoms with Crippen LogP contribution in [-0.4, -0.2) is 24.4 Å². The fourth-order valence-corrected chi connectivity index (χ4v) is 4.36. The van der Waals surface area contributed by atoms with Gasteiger partial charge in [-0.15, -0.1) is 0 Å². The van der Waals surface area contributed by atoms with Gasteiger partial charge in [0.1, 0.15) is 11.9 Å². The van der Waals surface area contributed by atoms with Crippen molar-refractivity contribution in [2.45, 2.75) is 44.1 Å². The lowest BCUT2D eigenvalue weighted by atomic mass is 9.80. The molecule has 1 aromatic carbocycles. The fraction of sp³-hybridized carbons (Fsp3) is 0.400. The van der Waals surface area contributed by atoms with E-state index in [0.717, 1.165) is 25.7 Å². The summed E-state index contributed by atoms with van der Waals surface area (Å²) in [5.41, 5.74) is 1.01. The number of benzene rings is 1. The van der Waals surface area contributed by atoms with E-state index in [1.165, 1.54) is 12.3 Å². The molecule has 1 fully saturated rings. The first kappa shape index (κ1) is 16.8. The van der Waals surface area contributed by atoms with Crippen LogP contribution in [0.1, 0.15) is 48.7 Å². The first-order chi connectivity index (χ1) is 12.5. The van der Waals surface area contributed by atoms with Crippen LogP contribution >= 0.6 is 0 Å². The van der Waals surface area contributed by atoms with Gasteiger partial charge in [0, 0.05) is 17.5 Å². The number of halogens is 1. The summed E-state index contributed by atoms with van der Waals surface area (Å²) in [4.78, 5) is 26.8. The minimum atomic E-state index is -0.736. The Bertz CT molecular complexity index is 841. The molecule has 2 aliphatic rings. The SMILES string of the molecule is C[C@H](NC(=O)c1ccco1)C(=O)N1CC2(CCCC2)c2c(F)cccc21. The number of fused-ring (bicyclic) bond motifs is 2. The van der Waals surface area contributed by atoms with Crippen LogP contribution in [0.25, 0.3) is 0 Å². The second-order valence-electron chi connectivity index (χ2n) is 7.22. The molecule has 1 spiro atoms. The average molecular weight is 356 g/mol. The summed E-state index contributed by atoms with van der Waals surface area (Å²) < 4.78 is 19.7. The maximum Gasteiger partial charge on any atom is 0.287 e. The Kier molecular flexibility index (Phi) is 4.05. The van der Waals surface area contributed by atoms with Gasteiger partial charge in [-0.3, -0.25) is 9.59 Å². The van der Waals surface area contributed by atoms with Crippen molar-refractivity contribution in [3.63, 3.8) is 0 Å². The van der Waals surface area contributed by atoms with Crippen molar-refractivity contribution in [3.8, 4) is 0 Å². The molecule has 136 valence electrons. The van der Waals surface area contributed by atoms with E-state index in [4.69, 9.17) is 4.42 Å². The normalized spacial score (nSPS) is 18.8. The lowest BCUT2D eigenvalue weighted by Crippen LogP contribution is -2.48. The Hall–Kier alpha value is -2.63. The number of furan rings is 1. The van der Waals surface area contributed by atoms with Gasteiger partial charge in [0.2, 0.25) is 5.91 Å². The average Bonchev–Trinajstić information content (AvgIpc) is 3.36. The molecule has 1 atom stereocenters. The van der Waals surface area contributed by atoms with E-state index in [1.54, 1.807) is 36.1 Å². The van der Waals surface area contributed by atoms with Gasteiger partial charge in [0.05, 0.1) is 12.0 Å². The Morgan fingerprint density at radius 2 is 2.00 bits per heavy atom. The van der Waals surface area contributed by atoms with Crippen LogP contribution in [-0.2, 0) is 10.2 Å². The largest absolute Gasteiger partial charge is 0.459 e. The molecule has 1 aliphatic carbocycles. The summed E-state index contributed by atoms with van der Waals surface area (Å²) in [5.74, 6) is -0.762. The van der Waals surface area contributed by atoms with Crippen molar-refractivity contribution in [3.05, 3.63) is 53.7 Å². The zero-order chi connectivity index (χ0) is 18.3. The third kappa shape index (κ3) is 2.60. The van der Waals surface area contributed by atoms with Crippen LogP contribution in [0.2, 0.25) is 0 Å². The molecule has 1 aromatic heterocycles. The van der Waals surface area contributed by atoms with E-state index in [1.807, 2.05) is 0 Å². The number of rotatable bonds is 3. The summed E-state index contributed by atoms with van der Waals surface area (Å²) in [6.07, 6.45) is 5.27. The highest BCUT2D eigenvalue weighted by Crippen LogP contribution is 2.51. The molecule has 1 N–H and O–H groups in total. The number of nitrogens with zero attached hydrogens (tertiary/aromatic N) is 1. The van der Waals surface area contributed by atoms with Crippen molar-refractivity contribution in [2.24, 2.45) is 0 Å². The number of carbonyl (C=O) groups is 2. The monoisotopic (exact) mass is 356 g/mol. The van der Waals surface area contributed by atoms with E-state index < -0.39 is 11.9 Å². The summed E-state index contributed by atoms with van der Waals surface area (Å²) >= 11 is 0. The molecule has 0 unspecified atom stereocenters.